The van der Waals surface area contributed by atoms with Crippen LogP contribution in [-0.2, 0) is 16.9 Å². The summed E-state index contributed by atoms with van der Waals surface area (Å²) in [5.74, 6) is 0.795. The van der Waals surface area contributed by atoms with Crippen molar-refractivity contribution in [1.82, 2.24) is 20.3 Å². The van der Waals surface area contributed by atoms with Crippen LogP contribution in [0.25, 0.3) is 11.6 Å². The maximum Gasteiger partial charge on any atom is 0.310 e. The number of halogens is 5. The molecule has 180 valence electrons. The number of ether oxygens (including phenoxy) is 1. The van der Waals surface area contributed by atoms with Crippen LogP contribution < -0.4 is 4.90 Å². The first kappa shape index (κ1) is 23.3. The number of rotatable bonds is 6. The van der Waals surface area contributed by atoms with Crippen molar-refractivity contribution in [1.29, 1.82) is 0 Å². The second kappa shape index (κ2) is 7.33. The number of methoxy groups -OCH3 is 1. The summed E-state index contributed by atoms with van der Waals surface area (Å²) in [6.45, 7) is 0.521. The number of anilines is 1. The summed E-state index contributed by atoms with van der Waals surface area (Å²) in [6, 6.07) is 6.25. The van der Waals surface area contributed by atoms with Crippen molar-refractivity contribution in [3.8, 4) is 11.6 Å². The Kier molecular flexibility index (Phi) is 5.18. The van der Waals surface area contributed by atoms with Crippen molar-refractivity contribution in [3.05, 3.63) is 47.8 Å². The highest BCUT2D eigenvalue weighted by molar-refractivity contribution is 8.45. The average molecular weight is 493 g/mol. The van der Waals surface area contributed by atoms with Gasteiger partial charge in [0.15, 0.2) is 17.3 Å². The van der Waals surface area contributed by atoms with E-state index in [-0.39, 0.29) is 18.3 Å². The summed E-state index contributed by atoms with van der Waals surface area (Å²) in [5.41, 5.74) is -0.184. The number of hydrogen-bond acceptors (Lipinski definition) is 8. The molecule has 33 heavy (non-hydrogen) atoms. The van der Waals surface area contributed by atoms with E-state index < -0.39 is 20.7 Å². The van der Waals surface area contributed by atoms with Gasteiger partial charge in [-0.2, -0.15) is 4.98 Å². The van der Waals surface area contributed by atoms with Gasteiger partial charge in [0.1, 0.15) is 11.5 Å². The molecule has 0 radical (unpaired) electrons. The quantitative estimate of drug-likeness (QED) is 0.489. The minimum atomic E-state index is -9.73. The molecule has 1 aliphatic rings. The van der Waals surface area contributed by atoms with Gasteiger partial charge in [-0.15, -0.1) is 10.2 Å². The van der Waals surface area contributed by atoms with Crippen LogP contribution in [0, 0.1) is 0 Å². The second-order valence-corrected chi connectivity index (χ2v) is 10.0. The van der Waals surface area contributed by atoms with E-state index in [1.165, 1.54) is 7.11 Å². The number of aliphatic hydroxyl groups is 1. The highest BCUT2D eigenvalue weighted by Crippen LogP contribution is 3.02. The Labute approximate surface area is 185 Å². The molecule has 1 N–H and O–H groups in total. The first-order chi connectivity index (χ1) is 15.3. The fourth-order valence-electron chi connectivity index (χ4n) is 3.75. The topological polar surface area (TPSA) is 97.4 Å². The van der Waals surface area contributed by atoms with Crippen LogP contribution in [-0.4, -0.2) is 45.6 Å². The maximum absolute atomic E-state index is 13.0. The number of nitrogens with zero attached hydrogens (tertiary/aromatic N) is 5. The molecule has 1 aliphatic heterocycles. The van der Waals surface area contributed by atoms with Crippen molar-refractivity contribution in [2.75, 3.05) is 25.1 Å². The fourth-order valence-corrected chi connectivity index (χ4v) is 4.40. The van der Waals surface area contributed by atoms with Gasteiger partial charge < -0.3 is 19.3 Å². The summed E-state index contributed by atoms with van der Waals surface area (Å²) in [6.07, 6.45) is 0.790. The molecule has 0 saturated carbocycles. The molecule has 0 spiro atoms. The maximum atomic E-state index is 13.0. The molecule has 0 aliphatic carbocycles. The number of aliphatic hydroxyl groups excluding tert-OH is 1. The molecule has 0 amide bonds. The summed E-state index contributed by atoms with van der Waals surface area (Å²) in [5, 5.41) is 20.8. The molecule has 1 fully saturated rings. The lowest BCUT2D eigenvalue weighted by molar-refractivity contribution is -0.0348. The minimum absolute atomic E-state index is 0.116. The van der Waals surface area contributed by atoms with Gasteiger partial charge in [-0.25, -0.2) is 0 Å². The van der Waals surface area contributed by atoms with Gasteiger partial charge in [-0.3, -0.25) is 0 Å². The number of aromatic nitrogens is 4. The molecular formula is C19H20F5N5O3S. The van der Waals surface area contributed by atoms with Gasteiger partial charge in [0.25, 0.3) is 5.89 Å². The van der Waals surface area contributed by atoms with Gasteiger partial charge in [0.05, 0.1) is 5.60 Å². The number of benzene rings is 1. The molecule has 3 aromatic rings. The second-order valence-electron chi connectivity index (χ2n) is 7.63. The van der Waals surface area contributed by atoms with Crippen LogP contribution in [0.5, 0.6) is 0 Å². The van der Waals surface area contributed by atoms with Gasteiger partial charge >= 0.3 is 10.2 Å². The molecule has 0 bridgehead atoms. The van der Waals surface area contributed by atoms with E-state index >= 15 is 0 Å². The normalized spacial score (nSPS) is 18.6. The highest BCUT2D eigenvalue weighted by Gasteiger charge is 2.65. The molecule has 4 rings (SSSR count). The van der Waals surface area contributed by atoms with Crippen LogP contribution in [0.3, 0.4) is 0 Å². The summed E-state index contributed by atoms with van der Waals surface area (Å²) in [4.78, 5) is 3.95. The van der Waals surface area contributed by atoms with Gasteiger partial charge in [0, 0.05) is 20.2 Å². The largest absolute Gasteiger partial charge is 0.388 e. The zero-order chi connectivity index (χ0) is 24.0. The third-order valence-corrected chi connectivity index (χ3v) is 6.75. The van der Waals surface area contributed by atoms with Gasteiger partial charge in [-0.1, -0.05) is 36.7 Å². The monoisotopic (exact) mass is 493 g/mol. The van der Waals surface area contributed by atoms with Gasteiger partial charge in [0.2, 0.25) is 0 Å². The Balaban J connectivity index is 1.47. The molecule has 14 heteroatoms. The van der Waals surface area contributed by atoms with E-state index in [9.17, 15) is 19.4 Å². The summed E-state index contributed by atoms with van der Waals surface area (Å²) in [7, 11) is -8.29. The van der Waals surface area contributed by atoms with Crippen molar-refractivity contribution in [3.63, 3.8) is 0 Å². The molecule has 2 aromatic heterocycles. The lowest BCUT2D eigenvalue weighted by atomic mass is 9.84. The van der Waals surface area contributed by atoms with E-state index in [0.29, 0.717) is 55.1 Å². The molecule has 0 unspecified atom stereocenters. The third kappa shape index (κ3) is 4.77. The number of hydrogen-bond donors (Lipinski definition) is 1. The lowest BCUT2D eigenvalue weighted by Gasteiger charge is -2.43. The molecular weight excluding hydrogens is 473 g/mol. The zero-order valence-corrected chi connectivity index (χ0v) is 18.1. The molecule has 1 saturated heterocycles. The SMILES string of the molecule is COC1(c2ccc(S(F)(F)(F)(F)F)cc2)CCN(c2ccc(-c3nc(CO)no3)nn2)CC1. The predicted octanol–water partition coefficient (Wildman–Crippen LogP) is 4.82. The van der Waals surface area contributed by atoms with Crippen molar-refractivity contribution < 1.29 is 33.8 Å². The Morgan fingerprint density at radius 3 is 2.18 bits per heavy atom. The van der Waals surface area contributed by atoms with Crippen LogP contribution in [0.4, 0.5) is 25.2 Å². The molecule has 0 atom stereocenters. The van der Waals surface area contributed by atoms with Crippen molar-refractivity contribution in [2.24, 2.45) is 0 Å². The van der Waals surface area contributed by atoms with Crippen LogP contribution in [0.2, 0.25) is 0 Å². The van der Waals surface area contributed by atoms with Crippen LogP contribution in [0.15, 0.2) is 45.8 Å². The van der Waals surface area contributed by atoms with E-state index in [0.717, 1.165) is 12.1 Å². The zero-order valence-electron chi connectivity index (χ0n) is 17.3. The standard InChI is InChI=1S/C19H20F5N5O3S/c1-31-19(13-2-4-14(5-3-13)33(20,21,22,23)24)8-10-29(11-9-19)17-7-6-15(26-27-17)18-25-16(12-30)28-32-18/h2-7,30H,8-12H2,1H3. The lowest BCUT2D eigenvalue weighted by Crippen LogP contribution is -2.44. The van der Waals surface area contributed by atoms with Crippen molar-refractivity contribution >= 4 is 16.0 Å². The van der Waals surface area contributed by atoms with E-state index in [4.69, 9.17) is 14.4 Å². The first-order valence-corrected chi connectivity index (χ1v) is 11.7. The first-order valence-electron chi connectivity index (χ1n) is 9.76. The smallest absolute Gasteiger partial charge is 0.310 e. The van der Waals surface area contributed by atoms with Crippen LogP contribution in [0.1, 0.15) is 24.2 Å². The molecule has 3 heterocycles. The molecule has 8 nitrogen and oxygen atoms in total. The Morgan fingerprint density at radius 1 is 1.03 bits per heavy atom. The predicted molar refractivity (Wildman–Crippen MR) is 109 cm³/mol. The Morgan fingerprint density at radius 2 is 1.70 bits per heavy atom. The summed E-state index contributed by atoms with van der Waals surface area (Å²) < 4.78 is 75.7. The fraction of sp³-hybridized carbons (Fsp3) is 0.368. The van der Waals surface area contributed by atoms with Gasteiger partial charge in [-0.05, 0) is 42.7 Å². The van der Waals surface area contributed by atoms with Crippen LogP contribution >= 0.6 is 10.2 Å². The summed E-state index contributed by atoms with van der Waals surface area (Å²) >= 11 is 0. The number of piperidine rings is 1. The van der Waals surface area contributed by atoms with E-state index in [1.54, 1.807) is 12.1 Å². The Bertz CT molecular complexity index is 1130. The van der Waals surface area contributed by atoms with E-state index in [1.807, 2.05) is 4.90 Å². The average Bonchev–Trinajstić information content (AvgIpc) is 3.27. The highest BCUT2D eigenvalue weighted by atomic mass is 32.5. The molecule has 1 aromatic carbocycles. The van der Waals surface area contributed by atoms with Crippen molar-refractivity contribution in [2.45, 2.75) is 29.9 Å². The minimum Gasteiger partial charge on any atom is -0.388 e. The Hall–Kier alpha value is -2.84. The van der Waals surface area contributed by atoms with E-state index in [2.05, 4.69) is 20.3 Å². The third-order valence-electron chi connectivity index (χ3n) is 5.59.